The summed E-state index contributed by atoms with van der Waals surface area (Å²) in [4.78, 5) is 14.3. The van der Waals surface area contributed by atoms with Gasteiger partial charge in [0.05, 0.1) is 12.6 Å². The number of methoxy groups -OCH3 is 1. The smallest absolute Gasteiger partial charge is 0.238 e. The highest BCUT2D eigenvalue weighted by atomic mass is 35.5. The summed E-state index contributed by atoms with van der Waals surface area (Å²) in [5.41, 5.74) is 7.54. The molecule has 0 aliphatic carbocycles. The van der Waals surface area contributed by atoms with Crippen LogP contribution in [0.15, 0.2) is 18.2 Å². The van der Waals surface area contributed by atoms with Crippen molar-refractivity contribution in [2.45, 2.75) is 31.9 Å². The Hall–Kier alpha value is -1.14. The van der Waals surface area contributed by atoms with E-state index in [-0.39, 0.29) is 18.1 Å². The van der Waals surface area contributed by atoms with Crippen LogP contribution in [0.4, 0.5) is 5.69 Å². The van der Waals surface area contributed by atoms with Gasteiger partial charge >= 0.3 is 0 Å². The first-order valence-electron chi connectivity index (χ1n) is 7.56. The van der Waals surface area contributed by atoms with E-state index in [2.05, 4.69) is 10.2 Å². The number of hydrogen-bond donors (Lipinski definition) is 2. The Morgan fingerprint density at radius 1 is 1.55 bits per heavy atom. The third kappa shape index (κ3) is 4.43. The van der Waals surface area contributed by atoms with Gasteiger partial charge in [0.2, 0.25) is 5.91 Å². The molecule has 0 saturated carbocycles. The Kier molecular flexibility index (Phi) is 6.20. The zero-order chi connectivity index (χ0) is 16.1. The van der Waals surface area contributed by atoms with Gasteiger partial charge < -0.3 is 15.8 Å². The summed E-state index contributed by atoms with van der Waals surface area (Å²) in [6, 6.07) is 5.71. The minimum absolute atomic E-state index is 0.0470. The van der Waals surface area contributed by atoms with E-state index >= 15 is 0 Å². The summed E-state index contributed by atoms with van der Waals surface area (Å²) in [5.74, 6) is -0.0470. The van der Waals surface area contributed by atoms with Crippen LogP contribution in [0.3, 0.4) is 0 Å². The molecule has 1 saturated heterocycles. The molecule has 22 heavy (non-hydrogen) atoms. The quantitative estimate of drug-likeness (QED) is 0.869. The van der Waals surface area contributed by atoms with E-state index in [1.54, 1.807) is 13.2 Å². The second-order valence-corrected chi connectivity index (χ2v) is 6.16. The van der Waals surface area contributed by atoms with Crippen molar-refractivity contribution >= 4 is 23.2 Å². The molecule has 1 aromatic carbocycles. The van der Waals surface area contributed by atoms with Gasteiger partial charge in [0.25, 0.3) is 0 Å². The van der Waals surface area contributed by atoms with Gasteiger partial charge in [0.15, 0.2) is 0 Å². The first-order valence-corrected chi connectivity index (χ1v) is 7.94. The van der Waals surface area contributed by atoms with Crippen LogP contribution in [0, 0.1) is 6.92 Å². The highest BCUT2D eigenvalue weighted by molar-refractivity contribution is 6.31. The number of hydrogen-bond acceptors (Lipinski definition) is 4. The molecule has 2 atom stereocenters. The number of carbonyl (C=O) groups excluding carboxylic acids is 1. The maximum atomic E-state index is 12.2. The Bertz CT molecular complexity index is 524. The molecule has 1 fully saturated rings. The number of anilines is 1. The van der Waals surface area contributed by atoms with Gasteiger partial charge in [-0.25, -0.2) is 0 Å². The Morgan fingerprint density at radius 2 is 2.32 bits per heavy atom. The summed E-state index contributed by atoms with van der Waals surface area (Å²) < 4.78 is 5.40. The van der Waals surface area contributed by atoms with Crippen LogP contribution in [0.25, 0.3) is 0 Å². The zero-order valence-electron chi connectivity index (χ0n) is 13.1. The van der Waals surface area contributed by atoms with Crippen LogP contribution in [-0.4, -0.2) is 49.7 Å². The van der Waals surface area contributed by atoms with E-state index in [4.69, 9.17) is 22.1 Å². The molecule has 1 heterocycles. The lowest BCUT2D eigenvalue weighted by molar-refractivity contribution is -0.118. The topological polar surface area (TPSA) is 67.6 Å². The lowest BCUT2D eigenvalue weighted by Crippen LogP contribution is -2.50. The van der Waals surface area contributed by atoms with Gasteiger partial charge in [-0.1, -0.05) is 17.7 Å². The van der Waals surface area contributed by atoms with Crippen LogP contribution in [0.5, 0.6) is 0 Å². The Morgan fingerprint density at radius 3 is 2.95 bits per heavy atom. The maximum absolute atomic E-state index is 12.2. The summed E-state index contributed by atoms with van der Waals surface area (Å²) >= 11 is 6.07. The highest BCUT2D eigenvalue weighted by Gasteiger charge is 2.28. The minimum Gasteiger partial charge on any atom is -0.381 e. The largest absolute Gasteiger partial charge is 0.381 e. The third-order valence-electron chi connectivity index (χ3n) is 4.20. The number of rotatable bonds is 5. The van der Waals surface area contributed by atoms with Gasteiger partial charge in [0.1, 0.15) is 0 Å². The van der Waals surface area contributed by atoms with Crippen LogP contribution >= 0.6 is 11.6 Å². The maximum Gasteiger partial charge on any atom is 0.238 e. The number of halogens is 1. The number of benzene rings is 1. The first kappa shape index (κ1) is 17.2. The number of likely N-dealkylation sites (tertiary alicyclic amines) is 1. The normalized spacial score (nSPS) is 22.5. The van der Waals surface area contributed by atoms with Gasteiger partial charge in [0, 0.05) is 37.0 Å². The average molecular weight is 326 g/mol. The predicted molar refractivity (Wildman–Crippen MR) is 89.3 cm³/mol. The van der Waals surface area contributed by atoms with Crippen molar-refractivity contribution < 1.29 is 9.53 Å². The lowest BCUT2D eigenvalue weighted by Gasteiger charge is -2.37. The fraction of sp³-hybridized carbons (Fsp3) is 0.562. The summed E-state index contributed by atoms with van der Waals surface area (Å²) in [7, 11) is 1.72. The van der Waals surface area contributed by atoms with E-state index in [0.29, 0.717) is 18.1 Å². The molecule has 5 nitrogen and oxygen atoms in total. The molecule has 0 radical (unpaired) electrons. The standard InChI is InChI=1S/C16H24ClN3O2/c1-11-3-4-12(7-15(11)17)19-16(21)10-20-6-5-14(22-2)8-13(20)9-18/h3-4,7,13-14H,5-6,8-10,18H2,1-2H3,(H,19,21). The molecule has 1 aromatic rings. The molecule has 122 valence electrons. The van der Waals surface area contributed by atoms with Gasteiger partial charge in [-0.15, -0.1) is 0 Å². The number of amides is 1. The molecule has 0 bridgehead atoms. The number of nitrogens with two attached hydrogens (primary N) is 1. The van der Waals surface area contributed by atoms with Crippen LogP contribution in [0.1, 0.15) is 18.4 Å². The number of nitrogens with zero attached hydrogens (tertiary/aromatic N) is 1. The second kappa shape index (κ2) is 7.92. The van der Waals surface area contributed by atoms with Crippen molar-refractivity contribution in [2.75, 3.05) is 32.1 Å². The minimum atomic E-state index is -0.0470. The van der Waals surface area contributed by atoms with E-state index in [0.717, 1.165) is 30.6 Å². The summed E-state index contributed by atoms with van der Waals surface area (Å²) in [6.07, 6.45) is 2.04. The molecule has 1 amide bonds. The number of piperidine rings is 1. The zero-order valence-corrected chi connectivity index (χ0v) is 13.9. The molecule has 1 aliphatic rings. The lowest BCUT2D eigenvalue weighted by atomic mass is 9.99. The number of carbonyl (C=O) groups is 1. The molecular weight excluding hydrogens is 302 g/mol. The summed E-state index contributed by atoms with van der Waals surface area (Å²) in [5, 5.41) is 3.54. The molecule has 0 spiro atoms. The molecule has 2 rings (SSSR count). The van der Waals surface area contributed by atoms with E-state index in [9.17, 15) is 4.79 Å². The number of nitrogens with one attached hydrogen (secondary N) is 1. The van der Waals surface area contributed by atoms with Gasteiger partial charge in [-0.2, -0.15) is 0 Å². The van der Waals surface area contributed by atoms with Crippen molar-refractivity contribution in [1.82, 2.24) is 4.90 Å². The van der Waals surface area contributed by atoms with Crippen molar-refractivity contribution in [3.8, 4) is 0 Å². The first-order chi connectivity index (χ1) is 10.5. The monoisotopic (exact) mass is 325 g/mol. The molecule has 3 N–H and O–H groups in total. The van der Waals surface area contributed by atoms with Crippen molar-refractivity contribution in [2.24, 2.45) is 5.73 Å². The van der Waals surface area contributed by atoms with Crippen LogP contribution in [-0.2, 0) is 9.53 Å². The molecule has 0 aromatic heterocycles. The van der Waals surface area contributed by atoms with Crippen LogP contribution in [0.2, 0.25) is 5.02 Å². The average Bonchev–Trinajstić information content (AvgIpc) is 2.51. The molecule has 6 heteroatoms. The van der Waals surface area contributed by atoms with Gasteiger partial charge in [-0.3, -0.25) is 9.69 Å². The molecule has 2 unspecified atom stereocenters. The summed E-state index contributed by atoms with van der Waals surface area (Å²) in [6.45, 7) is 3.62. The fourth-order valence-electron chi connectivity index (χ4n) is 2.79. The number of ether oxygens (including phenoxy) is 1. The Balaban J connectivity index is 1.92. The van der Waals surface area contributed by atoms with Crippen molar-refractivity contribution in [3.05, 3.63) is 28.8 Å². The van der Waals surface area contributed by atoms with Crippen molar-refractivity contribution in [3.63, 3.8) is 0 Å². The second-order valence-electron chi connectivity index (χ2n) is 5.75. The van der Waals surface area contributed by atoms with Crippen molar-refractivity contribution in [1.29, 1.82) is 0 Å². The number of aryl methyl sites for hydroxylation is 1. The highest BCUT2D eigenvalue weighted by Crippen LogP contribution is 2.21. The van der Waals surface area contributed by atoms with E-state index in [1.807, 2.05) is 19.1 Å². The van der Waals surface area contributed by atoms with E-state index < -0.39 is 0 Å². The SMILES string of the molecule is COC1CCN(CC(=O)Nc2ccc(C)c(Cl)c2)C(CN)C1. The predicted octanol–water partition coefficient (Wildman–Crippen LogP) is 2.03. The molecule has 1 aliphatic heterocycles. The molecular formula is C16H24ClN3O2. The Labute approximate surface area is 136 Å². The van der Waals surface area contributed by atoms with Crippen LogP contribution < -0.4 is 11.1 Å². The third-order valence-corrected chi connectivity index (χ3v) is 4.60. The fourth-order valence-corrected chi connectivity index (χ4v) is 2.97. The van der Waals surface area contributed by atoms with E-state index in [1.165, 1.54) is 0 Å². The van der Waals surface area contributed by atoms with Gasteiger partial charge in [-0.05, 0) is 37.5 Å².